The van der Waals surface area contributed by atoms with Gasteiger partial charge in [-0.05, 0) is 37.4 Å². The number of aromatic hydroxyl groups is 2. The van der Waals surface area contributed by atoms with Crippen molar-refractivity contribution in [2.45, 2.75) is 19.8 Å². The summed E-state index contributed by atoms with van der Waals surface area (Å²) in [4.78, 5) is 30.9. The Kier molecular flexibility index (Phi) is 4.02. The van der Waals surface area contributed by atoms with E-state index in [1.54, 1.807) is 31.4 Å². The fraction of sp³-hybridized carbons (Fsp3) is 0.176. The van der Waals surface area contributed by atoms with Crippen LogP contribution in [0.1, 0.15) is 33.3 Å². The summed E-state index contributed by atoms with van der Waals surface area (Å²) in [6, 6.07) is 6.40. The molecule has 0 fully saturated rings. The third-order valence-corrected chi connectivity index (χ3v) is 4.71. The lowest BCUT2D eigenvalue weighted by atomic mass is 9.90. The van der Waals surface area contributed by atoms with Crippen LogP contribution < -0.4 is 11.1 Å². The zero-order valence-corrected chi connectivity index (χ0v) is 13.9. The van der Waals surface area contributed by atoms with Crippen LogP contribution in [0, 0.1) is 13.8 Å². The number of aryl methyl sites for hydroxylation is 2. The largest absolute Gasteiger partial charge is 0.507 e. The molecule has 0 unspecified atom stereocenters. The third-order valence-electron chi connectivity index (χ3n) is 3.77. The number of nitrogens with one attached hydrogen (secondary N) is 2. The topological polar surface area (TPSA) is 106 Å². The molecule has 0 radical (unpaired) electrons. The monoisotopic (exact) mass is 344 g/mol. The normalized spacial score (nSPS) is 11.1. The van der Waals surface area contributed by atoms with Crippen molar-refractivity contribution in [3.8, 4) is 11.5 Å². The highest BCUT2D eigenvalue weighted by Gasteiger charge is 2.29. The van der Waals surface area contributed by atoms with Gasteiger partial charge < -0.3 is 20.2 Å². The molecule has 0 aliphatic heterocycles. The SMILES string of the molecule is Cc1cc(O)c(C(c2cccs2)c2c(O)cc(C)[nH]c2=O)c(=O)[nH]1. The predicted octanol–water partition coefficient (Wildman–Crippen LogP) is 2.33. The Labute approximate surface area is 141 Å². The van der Waals surface area contributed by atoms with E-state index in [1.807, 2.05) is 0 Å². The Balaban J connectivity index is 2.37. The van der Waals surface area contributed by atoms with Crippen molar-refractivity contribution >= 4 is 11.3 Å². The molecule has 3 rings (SSSR count). The van der Waals surface area contributed by atoms with Gasteiger partial charge in [-0.15, -0.1) is 11.3 Å². The Morgan fingerprint density at radius 3 is 1.83 bits per heavy atom. The minimum Gasteiger partial charge on any atom is -0.507 e. The highest BCUT2D eigenvalue weighted by atomic mass is 32.1. The smallest absolute Gasteiger partial charge is 0.256 e. The number of rotatable bonds is 3. The molecule has 4 N–H and O–H groups in total. The molecular weight excluding hydrogens is 328 g/mol. The van der Waals surface area contributed by atoms with Gasteiger partial charge in [0, 0.05) is 16.3 Å². The second-order valence-corrected chi connectivity index (χ2v) is 6.59. The number of hydrogen-bond donors (Lipinski definition) is 4. The van der Waals surface area contributed by atoms with Gasteiger partial charge in [0.2, 0.25) is 0 Å². The van der Waals surface area contributed by atoms with Gasteiger partial charge in [-0.1, -0.05) is 6.07 Å². The van der Waals surface area contributed by atoms with Crippen molar-refractivity contribution in [3.05, 3.63) is 77.7 Å². The molecule has 0 saturated heterocycles. The number of aromatic nitrogens is 2. The van der Waals surface area contributed by atoms with Gasteiger partial charge in [-0.3, -0.25) is 9.59 Å². The summed E-state index contributed by atoms with van der Waals surface area (Å²) in [5, 5.41) is 22.5. The van der Waals surface area contributed by atoms with Gasteiger partial charge >= 0.3 is 0 Å². The van der Waals surface area contributed by atoms with Crippen LogP contribution in [0.5, 0.6) is 11.5 Å². The molecule has 3 aromatic rings. The molecular formula is C17H16N2O4S. The zero-order chi connectivity index (χ0) is 17.4. The van der Waals surface area contributed by atoms with E-state index in [0.717, 1.165) is 0 Å². The van der Waals surface area contributed by atoms with Crippen LogP contribution in [-0.2, 0) is 0 Å². The third kappa shape index (κ3) is 2.74. The maximum atomic E-state index is 12.5. The molecule has 0 amide bonds. The maximum absolute atomic E-state index is 12.5. The average molecular weight is 344 g/mol. The fourth-order valence-corrected chi connectivity index (χ4v) is 3.65. The Hall–Kier alpha value is -2.80. The quantitative estimate of drug-likeness (QED) is 0.585. The number of pyridine rings is 2. The van der Waals surface area contributed by atoms with Gasteiger partial charge in [-0.25, -0.2) is 0 Å². The van der Waals surface area contributed by atoms with E-state index in [1.165, 1.54) is 23.5 Å². The number of hydrogen-bond acceptors (Lipinski definition) is 5. The number of thiophene rings is 1. The van der Waals surface area contributed by atoms with Crippen LogP contribution in [0.15, 0.2) is 39.2 Å². The van der Waals surface area contributed by atoms with Crippen molar-refractivity contribution in [1.29, 1.82) is 0 Å². The van der Waals surface area contributed by atoms with Crippen LogP contribution >= 0.6 is 11.3 Å². The van der Waals surface area contributed by atoms with Crippen molar-refractivity contribution in [3.63, 3.8) is 0 Å². The average Bonchev–Trinajstić information content (AvgIpc) is 2.97. The Morgan fingerprint density at radius 2 is 1.46 bits per heavy atom. The molecule has 24 heavy (non-hydrogen) atoms. The molecule has 0 bridgehead atoms. The lowest BCUT2D eigenvalue weighted by Gasteiger charge is -2.18. The van der Waals surface area contributed by atoms with Crippen LogP contribution in [0.4, 0.5) is 0 Å². The second kappa shape index (κ2) is 6.01. The van der Waals surface area contributed by atoms with Crippen molar-refractivity contribution < 1.29 is 10.2 Å². The summed E-state index contributed by atoms with van der Waals surface area (Å²) < 4.78 is 0. The van der Waals surface area contributed by atoms with Gasteiger partial charge in [0.15, 0.2) is 0 Å². The molecule has 0 saturated carbocycles. The molecule has 7 heteroatoms. The molecule has 6 nitrogen and oxygen atoms in total. The molecule has 0 aromatic carbocycles. The molecule has 0 atom stereocenters. The molecule has 124 valence electrons. The van der Waals surface area contributed by atoms with E-state index < -0.39 is 17.0 Å². The van der Waals surface area contributed by atoms with E-state index in [0.29, 0.717) is 16.3 Å². The number of aromatic amines is 2. The van der Waals surface area contributed by atoms with E-state index in [4.69, 9.17) is 0 Å². The molecule has 0 aliphatic rings. The summed E-state index contributed by atoms with van der Waals surface area (Å²) in [5.74, 6) is -1.29. The maximum Gasteiger partial charge on any atom is 0.256 e. The Bertz CT molecular complexity index is 937. The highest BCUT2D eigenvalue weighted by molar-refractivity contribution is 7.10. The first-order chi connectivity index (χ1) is 11.4. The van der Waals surface area contributed by atoms with Crippen molar-refractivity contribution in [2.75, 3.05) is 0 Å². The van der Waals surface area contributed by atoms with E-state index in [-0.39, 0.29) is 22.6 Å². The van der Waals surface area contributed by atoms with Gasteiger partial charge in [0.05, 0.1) is 17.0 Å². The van der Waals surface area contributed by atoms with Gasteiger partial charge in [0.25, 0.3) is 11.1 Å². The molecule has 0 aliphatic carbocycles. The number of H-pyrrole nitrogens is 2. The van der Waals surface area contributed by atoms with Gasteiger partial charge in [-0.2, -0.15) is 0 Å². The van der Waals surface area contributed by atoms with E-state index >= 15 is 0 Å². The minimum atomic E-state index is -0.862. The standard InChI is InChI=1S/C17H16N2O4S/c1-8-6-10(20)13(16(22)18-8)15(12-4-3-5-24-12)14-11(21)7-9(2)19-17(14)23/h3-7,15H,1-2H3,(H2,18,20,22)(H2,19,21,23). The summed E-state index contributed by atoms with van der Waals surface area (Å²) >= 11 is 1.34. The summed E-state index contributed by atoms with van der Waals surface area (Å²) in [7, 11) is 0. The van der Waals surface area contributed by atoms with Crippen LogP contribution in [0.25, 0.3) is 0 Å². The highest BCUT2D eigenvalue weighted by Crippen LogP contribution is 2.38. The predicted molar refractivity (Wildman–Crippen MR) is 92.2 cm³/mol. The zero-order valence-electron chi connectivity index (χ0n) is 13.1. The fourth-order valence-electron chi connectivity index (χ4n) is 2.81. The summed E-state index contributed by atoms with van der Waals surface area (Å²) in [6.45, 7) is 3.31. The lowest BCUT2D eigenvalue weighted by Crippen LogP contribution is -2.24. The van der Waals surface area contributed by atoms with Gasteiger partial charge in [0.1, 0.15) is 11.5 Å². The van der Waals surface area contributed by atoms with E-state index in [2.05, 4.69) is 9.97 Å². The summed E-state index contributed by atoms with van der Waals surface area (Å²) in [5.41, 5.74) is 0.0948. The molecule has 3 heterocycles. The lowest BCUT2D eigenvalue weighted by molar-refractivity contribution is 0.455. The van der Waals surface area contributed by atoms with Crippen LogP contribution in [0.3, 0.4) is 0 Å². The van der Waals surface area contributed by atoms with E-state index in [9.17, 15) is 19.8 Å². The first-order valence-corrected chi connectivity index (χ1v) is 8.15. The Morgan fingerprint density at radius 1 is 0.958 bits per heavy atom. The second-order valence-electron chi connectivity index (χ2n) is 5.61. The van der Waals surface area contributed by atoms with Crippen LogP contribution in [-0.4, -0.2) is 20.2 Å². The molecule has 3 aromatic heterocycles. The minimum absolute atomic E-state index is 0.0349. The first kappa shape index (κ1) is 16.1. The first-order valence-electron chi connectivity index (χ1n) is 7.27. The molecule has 0 spiro atoms. The van der Waals surface area contributed by atoms with Crippen molar-refractivity contribution in [1.82, 2.24) is 9.97 Å². The summed E-state index contributed by atoms with van der Waals surface area (Å²) in [6.07, 6.45) is 0. The van der Waals surface area contributed by atoms with Crippen LogP contribution in [0.2, 0.25) is 0 Å². The van der Waals surface area contributed by atoms with Crippen molar-refractivity contribution in [2.24, 2.45) is 0 Å².